The van der Waals surface area contributed by atoms with E-state index in [1.165, 1.54) is 6.92 Å². The average molecular weight is 364 g/mol. The van der Waals surface area contributed by atoms with Gasteiger partial charge in [-0.25, -0.2) is 9.59 Å². The van der Waals surface area contributed by atoms with Crippen LogP contribution in [0.15, 0.2) is 22.7 Å². The minimum absolute atomic E-state index is 0.335. The molecule has 110 valence electrons. The summed E-state index contributed by atoms with van der Waals surface area (Å²) in [5.74, 6) is -1.07. The first kappa shape index (κ1) is 16.8. The van der Waals surface area contributed by atoms with Gasteiger partial charge in [0.05, 0.1) is 10.7 Å². The van der Waals surface area contributed by atoms with Crippen molar-refractivity contribution >= 4 is 45.2 Å². The quantitative estimate of drug-likeness (QED) is 0.743. The Morgan fingerprint density at radius 3 is 2.65 bits per heavy atom. The molecule has 0 aliphatic carbocycles. The zero-order chi connectivity index (χ0) is 15.3. The Bertz CT molecular complexity index is 524. The Morgan fingerprint density at radius 2 is 2.10 bits per heavy atom. The third-order valence-corrected chi connectivity index (χ3v) is 3.61. The molecule has 0 aliphatic heterocycles. The molecule has 2 amide bonds. The average Bonchev–Trinajstić information content (AvgIpc) is 2.33. The van der Waals surface area contributed by atoms with E-state index in [2.05, 4.69) is 26.6 Å². The van der Waals surface area contributed by atoms with Crippen molar-refractivity contribution in [2.75, 3.05) is 5.32 Å². The molecular weight excluding hydrogens is 348 g/mol. The van der Waals surface area contributed by atoms with Crippen LogP contribution in [-0.2, 0) is 4.79 Å². The fourth-order valence-corrected chi connectivity index (χ4v) is 2.25. The first-order valence-electron chi connectivity index (χ1n) is 6.06. The first-order chi connectivity index (χ1) is 9.28. The van der Waals surface area contributed by atoms with Crippen molar-refractivity contribution in [3.63, 3.8) is 0 Å². The van der Waals surface area contributed by atoms with Crippen LogP contribution in [0.4, 0.5) is 10.5 Å². The van der Waals surface area contributed by atoms with Crippen LogP contribution in [0, 0.1) is 0 Å². The predicted octanol–water partition coefficient (Wildman–Crippen LogP) is 3.87. The number of urea groups is 1. The van der Waals surface area contributed by atoms with E-state index in [1.807, 2.05) is 6.92 Å². The number of carbonyl (C=O) groups is 2. The smallest absolute Gasteiger partial charge is 0.329 e. The maximum absolute atomic E-state index is 11.9. The first-order valence-corrected chi connectivity index (χ1v) is 7.23. The monoisotopic (exact) mass is 362 g/mol. The zero-order valence-corrected chi connectivity index (χ0v) is 13.5. The van der Waals surface area contributed by atoms with Gasteiger partial charge >= 0.3 is 12.0 Å². The molecule has 20 heavy (non-hydrogen) atoms. The number of carboxylic acid groups (broad SMARTS) is 1. The number of aliphatic carboxylic acids is 1. The van der Waals surface area contributed by atoms with E-state index in [1.54, 1.807) is 18.2 Å². The number of rotatable bonds is 5. The van der Waals surface area contributed by atoms with Crippen molar-refractivity contribution < 1.29 is 14.7 Å². The molecule has 3 N–H and O–H groups in total. The molecule has 0 spiro atoms. The van der Waals surface area contributed by atoms with Crippen LogP contribution < -0.4 is 10.6 Å². The Labute approximate surface area is 130 Å². The Hall–Kier alpha value is -1.27. The number of amides is 2. The maximum atomic E-state index is 11.9. The number of nitrogens with one attached hydrogen (secondary N) is 2. The highest BCUT2D eigenvalue weighted by Crippen LogP contribution is 2.25. The molecular formula is C13H16BrClN2O3. The molecule has 7 heteroatoms. The van der Waals surface area contributed by atoms with Gasteiger partial charge in [-0.05, 0) is 31.5 Å². The third kappa shape index (κ3) is 4.38. The van der Waals surface area contributed by atoms with Gasteiger partial charge in [0.25, 0.3) is 0 Å². The van der Waals surface area contributed by atoms with Gasteiger partial charge in [0.1, 0.15) is 5.54 Å². The summed E-state index contributed by atoms with van der Waals surface area (Å²) in [4.78, 5) is 23.2. The highest BCUT2D eigenvalue weighted by atomic mass is 79.9. The van der Waals surface area contributed by atoms with Crippen molar-refractivity contribution in [3.05, 3.63) is 27.7 Å². The van der Waals surface area contributed by atoms with E-state index in [9.17, 15) is 14.7 Å². The fourth-order valence-electron chi connectivity index (χ4n) is 1.72. The normalized spacial score (nSPS) is 13.4. The van der Waals surface area contributed by atoms with Crippen molar-refractivity contribution in [3.8, 4) is 0 Å². The number of carbonyl (C=O) groups excluding carboxylic acids is 1. The molecule has 0 radical (unpaired) electrons. The van der Waals surface area contributed by atoms with Crippen LogP contribution in [0.1, 0.15) is 26.7 Å². The van der Waals surface area contributed by atoms with Crippen molar-refractivity contribution in [2.24, 2.45) is 0 Å². The summed E-state index contributed by atoms with van der Waals surface area (Å²) in [7, 11) is 0. The fraction of sp³-hybridized carbons (Fsp3) is 0.385. The van der Waals surface area contributed by atoms with Crippen LogP contribution in [0.2, 0.25) is 5.02 Å². The zero-order valence-electron chi connectivity index (χ0n) is 11.2. The number of hydrogen-bond donors (Lipinski definition) is 3. The summed E-state index contributed by atoms with van der Waals surface area (Å²) in [6, 6.07) is 4.40. The molecule has 1 unspecified atom stereocenters. The summed E-state index contributed by atoms with van der Waals surface area (Å²) < 4.78 is 0.756. The summed E-state index contributed by atoms with van der Waals surface area (Å²) >= 11 is 9.23. The second-order valence-electron chi connectivity index (χ2n) is 4.59. The third-order valence-electron chi connectivity index (χ3n) is 2.79. The number of benzene rings is 1. The Morgan fingerprint density at radius 1 is 1.45 bits per heavy atom. The van der Waals surface area contributed by atoms with E-state index < -0.39 is 17.5 Å². The van der Waals surface area contributed by atoms with Crippen LogP contribution in [-0.4, -0.2) is 22.6 Å². The number of halogens is 2. The number of hydrogen-bond acceptors (Lipinski definition) is 2. The highest BCUT2D eigenvalue weighted by molar-refractivity contribution is 9.10. The lowest BCUT2D eigenvalue weighted by molar-refractivity contribution is -0.143. The molecule has 0 saturated carbocycles. The molecule has 0 aliphatic rings. The summed E-state index contributed by atoms with van der Waals surface area (Å²) in [6.45, 7) is 3.33. The molecule has 0 heterocycles. The summed E-state index contributed by atoms with van der Waals surface area (Å²) in [5, 5.41) is 14.6. The number of anilines is 1. The van der Waals surface area contributed by atoms with Gasteiger partial charge in [-0.2, -0.15) is 0 Å². The van der Waals surface area contributed by atoms with Gasteiger partial charge in [-0.1, -0.05) is 40.9 Å². The molecule has 5 nitrogen and oxygen atoms in total. The lowest BCUT2D eigenvalue weighted by Crippen LogP contribution is -2.53. The lowest BCUT2D eigenvalue weighted by atomic mass is 9.97. The Balaban J connectivity index is 2.81. The van der Waals surface area contributed by atoms with Crippen molar-refractivity contribution in [1.82, 2.24) is 5.32 Å². The lowest BCUT2D eigenvalue weighted by Gasteiger charge is -2.26. The van der Waals surface area contributed by atoms with Gasteiger partial charge in [-0.3, -0.25) is 0 Å². The largest absolute Gasteiger partial charge is 0.480 e. The second kappa shape index (κ2) is 6.95. The molecule has 0 fully saturated rings. The highest BCUT2D eigenvalue weighted by Gasteiger charge is 2.33. The van der Waals surface area contributed by atoms with Crippen LogP contribution >= 0.6 is 27.5 Å². The molecule has 1 aromatic carbocycles. The van der Waals surface area contributed by atoms with Gasteiger partial charge in [-0.15, -0.1) is 0 Å². The molecule has 0 saturated heterocycles. The number of carboxylic acids is 1. The topological polar surface area (TPSA) is 78.4 Å². The molecule has 1 atom stereocenters. The van der Waals surface area contributed by atoms with Crippen LogP contribution in [0.3, 0.4) is 0 Å². The van der Waals surface area contributed by atoms with E-state index >= 15 is 0 Å². The van der Waals surface area contributed by atoms with Gasteiger partial charge in [0.15, 0.2) is 0 Å². The van der Waals surface area contributed by atoms with Crippen molar-refractivity contribution in [1.29, 1.82) is 0 Å². The molecule has 1 rings (SSSR count). The minimum atomic E-state index is -1.31. The van der Waals surface area contributed by atoms with E-state index in [4.69, 9.17) is 11.6 Å². The maximum Gasteiger partial charge on any atom is 0.329 e. The Kier molecular flexibility index (Phi) is 5.83. The van der Waals surface area contributed by atoms with Gasteiger partial charge in [0.2, 0.25) is 0 Å². The van der Waals surface area contributed by atoms with Gasteiger partial charge < -0.3 is 15.7 Å². The minimum Gasteiger partial charge on any atom is -0.480 e. The molecule has 1 aromatic rings. The predicted molar refractivity (Wildman–Crippen MR) is 82.3 cm³/mol. The second-order valence-corrected chi connectivity index (χ2v) is 5.91. The standard InChI is InChI=1S/C13H16BrClN2O3/c1-3-6-13(2,11(18)19)17-12(20)16-10-7-8(14)4-5-9(10)15/h4-5,7H,3,6H2,1-2H3,(H,18,19)(H2,16,17,20). The van der Waals surface area contributed by atoms with E-state index in [0.29, 0.717) is 23.6 Å². The van der Waals surface area contributed by atoms with Crippen molar-refractivity contribution in [2.45, 2.75) is 32.2 Å². The van der Waals surface area contributed by atoms with Gasteiger partial charge in [0, 0.05) is 4.47 Å². The summed E-state index contributed by atoms with van der Waals surface area (Å²) in [6.07, 6.45) is 0.975. The molecule has 0 aromatic heterocycles. The van der Waals surface area contributed by atoms with E-state index in [0.717, 1.165) is 4.47 Å². The van der Waals surface area contributed by atoms with Crippen LogP contribution in [0.5, 0.6) is 0 Å². The van der Waals surface area contributed by atoms with Crippen LogP contribution in [0.25, 0.3) is 0 Å². The van der Waals surface area contributed by atoms with E-state index in [-0.39, 0.29) is 0 Å². The molecule has 0 bridgehead atoms. The summed E-state index contributed by atoms with van der Waals surface area (Å²) in [5.41, 5.74) is -0.903. The SMILES string of the molecule is CCCC(C)(NC(=O)Nc1cc(Br)ccc1Cl)C(=O)O.